The molecule has 1 N–H and O–H groups in total. The maximum atomic E-state index is 12.8. The van der Waals surface area contributed by atoms with Gasteiger partial charge < -0.3 is 19.5 Å². The van der Waals surface area contributed by atoms with Crippen molar-refractivity contribution in [1.29, 1.82) is 0 Å². The smallest absolute Gasteiger partial charge is 0.341 e. The molecule has 1 aliphatic rings. The molecule has 160 valence electrons. The van der Waals surface area contributed by atoms with Gasteiger partial charge in [-0.1, -0.05) is 29.3 Å². The Morgan fingerprint density at radius 3 is 2.65 bits per heavy atom. The van der Waals surface area contributed by atoms with Crippen molar-refractivity contribution in [1.82, 2.24) is 0 Å². The molecule has 4 rings (SSSR count). The summed E-state index contributed by atoms with van der Waals surface area (Å²) in [5.41, 5.74) is 2.31. The minimum absolute atomic E-state index is 0.201. The maximum absolute atomic E-state index is 12.8. The molecule has 1 amide bonds. The second-order valence-corrected chi connectivity index (χ2v) is 8.74. The maximum Gasteiger partial charge on any atom is 0.341 e. The van der Waals surface area contributed by atoms with E-state index in [1.54, 1.807) is 6.07 Å². The second kappa shape index (κ2) is 8.78. The van der Waals surface area contributed by atoms with E-state index >= 15 is 0 Å². The quantitative estimate of drug-likeness (QED) is 0.475. The fourth-order valence-electron chi connectivity index (χ4n) is 3.25. The number of methoxy groups -OCH3 is 1. The van der Waals surface area contributed by atoms with E-state index in [-0.39, 0.29) is 17.4 Å². The van der Waals surface area contributed by atoms with Crippen LogP contribution in [-0.2, 0) is 11.2 Å². The van der Waals surface area contributed by atoms with E-state index in [9.17, 15) is 9.59 Å². The van der Waals surface area contributed by atoms with E-state index in [2.05, 4.69) is 5.32 Å². The van der Waals surface area contributed by atoms with Crippen LogP contribution in [0.4, 0.5) is 5.00 Å². The highest BCUT2D eigenvalue weighted by atomic mass is 35.5. The fraction of sp³-hybridized carbons (Fsp3) is 0.182. The zero-order valence-electron chi connectivity index (χ0n) is 16.6. The third-order valence-corrected chi connectivity index (χ3v) is 6.59. The first-order valence-electron chi connectivity index (χ1n) is 9.23. The van der Waals surface area contributed by atoms with Crippen molar-refractivity contribution in [2.45, 2.75) is 13.3 Å². The lowest BCUT2D eigenvalue weighted by Crippen LogP contribution is -2.14. The van der Waals surface area contributed by atoms with Gasteiger partial charge in [-0.25, -0.2) is 4.79 Å². The van der Waals surface area contributed by atoms with Gasteiger partial charge in [-0.15, -0.1) is 11.3 Å². The number of esters is 1. The van der Waals surface area contributed by atoms with Gasteiger partial charge >= 0.3 is 5.97 Å². The minimum atomic E-state index is -0.525. The number of rotatable bonds is 5. The monoisotopic (exact) mass is 477 g/mol. The highest BCUT2D eigenvalue weighted by Gasteiger charge is 2.25. The molecule has 2 aromatic carbocycles. The van der Waals surface area contributed by atoms with Crippen LogP contribution >= 0.6 is 34.5 Å². The van der Waals surface area contributed by atoms with Gasteiger partial charge in [-0.05, 0) is 48.4 Å². The van der Waals surface area contributed by atoms with Gasteiger partial charge in [-0.3, -0.25) is 4.79 Å². The summed E-state index contributed by atoms with van der Waals surface area (Å²) < 4.78 is 15.7. The molecule has 1 aliphatic heterocycles. The van der Waals surface area contributed by atoms with Crippen molar-refractivity contribution in [3.8, 4) is 11.5 Å². The number of anilines is 1. The first-order valence-corrected chi connectivity index (χ1v) is 10.8. The zero-order chi connectivity index (χ0) is 22.1. The number of hydrogen-bond donors (Lipinski definition) is 1. The molecule has 2 heterocycles. The molecular formula is C22H17Cl2NO5S. The largest absolute Gasteiger partial charge is 0.465 e. The lowest BCUT2D eigenvalue weighted by Gasteiger charge is -2.07. The van der Waals surface area contributed by atoms with Gasteiger partial charge in [0.1, 0.15) is 5.00 Å². The third kappa shape index (κ3) is 4.35. The summed E-state index contributed by atoms with van der Waals surface area (Å²) in [6, 6.07) is 10.3. The lowest BCUT2D eigenvalue weighted by molar-refractivity contribution is 0.0601. The Labute approximate surface area is 192 Å². The van der Waals surface area contributed by atoms with Gasteiger partial charge in [0.25, 0.3) is 5.91 Å². The number of carbonyl (C=O) groups is 2. The predicted octanol–water partition coefficient (Wildman–Crippen LogP) is 5.72. The van der Waals surface area contributed by atoms with Crippen LogP contribution in [0.5, 0.6) is 11.5 Å². The van der Waals surface area contributed by atoms with E-state index < -0.39 is 11.9 Å². The van der Waals surface area contributed by atoms with Crippen LogP contribution in [0, 0.1) is 6.92 Å². The average molecular weight is 478 g/mol. The summed E-state index contributed by atoms with van der Waals surface area (Å²) in [6.45, 7) is 2.03. The number of ether oxygens (including phenoxy) is 3. The molecule has 6 nitrogen and oxygen atoms in total. The Balaban J connectivity index is 1.65. The second-order valence-electron chi connectivity index (χ2n) is 6.79. The molecule has 0 bridgehead atoms. The summed E-state index contributed by atoms with van der Waals surface area (Å²) in [6.07, 6.45) is 0.550. The zero-order valence-corrected chi connectivity index (χ0v) is 18.9. The molecule has 0 atom stereocenters. The molecule has 0 fully saturated rings. The van der Waals surface area contributed by atoms with Gasteiger partial charge in [0.2, 0.25) is 6.79 Å². The lowest BCUT2D eigenvalue weighted by atomic mass is 10.1. The molecule has 0 saturated carbocycles. The number of nitrogens with one attached hydrogen (secondary N) is 1. The predicted molar refractivity (Wildman–Crippen MR) is 120 cm³/mol. The summed E-state index contributed by atoms with van der Waals surface area (Å²) >= 11 is 13.4. The molecule has 0 unspecified atom stereocenters. The molecule has 9 heteroatoms. The van der Waals surface area contributed by atoms with Gasteiger partial charge in [-0.2, -0.15) is 0 Å². The summed E-state index contributed by atoms with van der Waals surface area (Å²) in [4.78, 5) is 26.2. The highest BCUT2D eigenvalue weighted by molar-refractivity contribution is 7.17. The van der Waals surface area contributed by atoms with Crippen LogP contribution in [0.15, 0.2) is 36.4 Å². The molecule has 31 heavy (non-hydrogen) atoms. The third-order valence-electron chi connectivity index (χ3n) is 4.84. The number of fused-ring (bicyclic) bond motifs is 1. The first kappa shape index (κ1) is 21.5. The van der Waals surface area contributed by atoms with Crippen molar-refractivity contribution in [2.24, 2.45) is 0 Å². The SMILES string of the molecule is COC(=O)c1c(NC(=O)c2ccc(Cl)cc2Cl)sc(Cc2ccc3c(c2)OCO3)c1C. The highest BCUT2D eigenvalue weighted by Crippen LogP contribution is 2.38. The number of thiophene rings is 1. The Bertz CT molecular complexity index is 1190. The van der Waals surface area contributed by atoms with E-state index in [1.807, 2.05) is 25.1 Å². The van der Waals surface area contributed by atoms with E-state index in [0.29, 0.717) is 33.5 Å². The summed E-state index contributed by atoms with van der Waals surface area (Å²) in [7, 11) is 1.30. The Hall–Kier alpha value is -2.74. The van der Waals surface area contributed by atoms with Gasteiger partial charge in [0.05, 0.1) is 23.3 Å². The number of hydrogen-bond acceptors (Lipinski definition) is 6. The van der Waals surface area contributed by atoms with Crippen molar-refractivity contribution >= 4 is 51.4 Å². The van der Waals surface area contributed by atoms with Crippen LogP contribution in [-0.4, -0.2) is 25.8 Å². The standard InChI is InChI=1S/C22H17Cl2NO5S/c1-11-18(8-12-3-6-16-17(7-12)30-10-29-16)31-21(19(11)22(27)28-2)25-20(26)14-5-4-13(23)9-15(14)24/h3-7,9H,8,10H2,1-2H3,(H,25,26). The number of halogens is 2. The summed E-state index contributed by atoms with van der Waals surface area (Å²) in [5, 5.41) is 3.84. The Morgan fingerprint density at radius 1 is 1.13 bits per heavy atom. The van der Waals surface area contributed by atoms with Crippen LogP contribution in [0.25, 0.3) is 0 Å². The Kier molecular flexibility index (Phi) is 6.09. The first-order chi connectivity index (χ1) is 14.9. The average Bonchev–Trinajstić information content (AvgIpc) is 3.31. The van der Waals surface area contributed by atoms with Crippen molar-refractivity contribution in [3.63, 3.8) is 0 Å². The number of amides is 1. The van der Waals surface area contributed by atoms with Gasteiger partial charge in [0, 0.05) is 16.3 Å². The molecule has 0 radical (unpaired) electrons. The Morgan fingerprint density at radius 2 is 1.90 bits per heavy atom. The van der Waals surface area contributed by atoms with Crippen LogP contribution in [0.1, 0.15) is 36.7 Å². The molecule has 3 aromatic rings. The molecule has 1 aromatic heterocycles. The van der Waals surface area contributed by atoms with E-state index in [1.165, 1.54) is 30.6 Å². The number of carbonyl (C=O) groups excluding carboxylic acids is 2. The fourth-order valence-corrected chi connectivity index (χ4v) is 4.96. The molecule has 0 aliphatic carbocycles. The van der Waals surface area contributed by atoms with Crippen molar-refractivity contribution in [2.75, 3.05) is 19.2 Å². The van der Waals surface area contributed by atoms with Crippen LogP contribution in [0.3, 0.4) is 0 Å². The molecule has 0 saturated heterocycles. The van der Waals surface area contributed by atoms with E-state index in [4.69, 9.17) is 37.4 Å². The van der Waals surface area contributed by atoms with Crippen molar-refractivity contribution < 1.29 is 23.8 Å². The van der Waals surface area contributed by atoms with E-state index in [0.717, 1.165) is 16.0 Å². The summed E-state index contributed by atoms with van der Waals surface area (Å²) in [5.74, 6) is 0.423. The molecular weight excluding hydrogens is 461 g/mol. The number of benzene rings is 2. The van der Waals surface area contributed by atoms with Crippen LogP contribution < -0.4 is 14.8 Å². The van der Waals surface area contributed by atoms with Crippen LogP contribution in [0.2, 0.25) is 10.0 Å². The van der Waals surface area contributed by atoms with Crippen molar-refractivity contribution in [3.05, 3.63) is 73.6 Å². The molecule has 0 spiro atoms. The minimum Gasteiger partial charge on any atom is -0.465 e. The van der Waals surface area contributed by atoms with Gasteiger partial charge in [0.15, 0.2) is 11.5 Å². The topological polar surface area (TPSA) is 73.9 Å². The normalized spacial score (nSPS) is 12.0.